The van der Waals surface area contributed by atoms with E-state index in [2.05, 4.69) is 4.98 Å². The van der Waals surface area contributed by atoms with Gasteiger partial charge in [0.15, 0.2) is 5.78 Å². The van der Waals surface area contributed by atoms with Crippen LogP contribution < -0.4 is 11.4 Å². The Hall–Kier alpha value is -2.82. The van der Waals surface area contributed by atoms with Crippen LogP contribution in [0.1, 0.15) is 17.3 Å². The minimum absolute atomic E-state index is 0.0919. The van der Waals surface area contributed by atoms with Gasteiger partial charge in [0, 0.05) is 11.3 Å². The first kappa shape index (κ1) is 12.2. The molecule has 20 heavy (non-hydrogen) atoms. The monoisotopic (exact) mass is 267 g/mol. The van der Waals surface area contributed by atoms with Crippen molar-refractivity contribution in [3.05, 3.63) is 58.5 Å². The normalized spacial score (nSPS) is 10.8. The highest BCUT2D eigenvalue weighted by atomic mass is 16.1. The van der Waals surface area contributed by atoms with E-state index in [0.717, 1.165) is 0 Å². The van der Waals surface area contributed by atoms with Crippen LogP contribution in [0.5, 0.6) is 0 Å². The molecule has 0 bridgehead atoms. The second kappa shape index (κ2) is 4.38. The Labute approximate surface area is 114 Å². The van der Waals surface area contributed by atoms with E-state index in [4.69, 9.17) is 5.73 Å². The van der Waals surface area contributed by atoms with Gasteiger partial charge in [0.2, 0.25) is 0 Å². The fourth-order valence-electron chi connectivity index (χ4n) is 2.33. The van der Waals surface area contributed by atoms with Crippen LogP contribution in [0.2, 0.25) is 0 Å². The van der Waals surface area contributed by atoms with E-state index in [1.807, 2.05) is 0 Å². The van der Waals surface area contributed by atoms with Gasteiger partial charge in [0.25, 0.3) is 0 Å². The lowest BCUT2D eigenvalue weighted by Crippen LogP contribution is -2.17. The van der Waals surface area contributed by atoms with Gasteiger partial charge in [-0.2, -0.15) is 0 Å². The SMILES string of the molecule is CC(=O)c1ccccc1-n1c(=O)[nH]c2ccc(N)cc21. The molecule has 5 nitrogen and oxygen atoms in total. The number of nitrogens with one attached hydrogen (secondary N) is 1. The number of Topliss-reactive ketones (excluding diaryl/α,β-unsaturated/α-hetero) is 1. The summed E-state index contributed by atoms with van der Waals surface area (Å²) in [7, 11) is 0. The fraction of sp³-hybridized carbons (Fsp3) is 0.0667. The zero-order valence-corrected chi connectivity index (χ0v) is 10.9. The number of anilines is 1. The van der Waals surface area contributed by atoms with Crippen LogP contribution in [0, 0.1) is 0 Å². The molecule has 0 aliphatic heterocycles. The zero-order valence-electron chi connectivity index (χ0n) is 10.9. The molecule has 0 amide bonds. The van der Waals surface area contributed by atoms with Crippen molar-refractivity contribution in [1.82, 2.24) is 9.55 Å². The molecule has 3 N–H and O–H groups in total. The first-order valence-electron chi connectivity index (χ1n) is 6.18. The zero-order chi connectivity index (χ0) is 14.3. The number of imidazole rings is 1. The Kier molecular flexibility index (Phi) is 2.68. The molecule has 0 fully saturated rings. The van der Waals surface area contributed by atoms with Crippen molar-refractivity contribution in [2.24, 2.45) is 0 Å². The Morgan fingerprint density at radius 1 is 1.20 bits per heavy atom. The molecule has 3 rings (SSSR count). The van der Waals surface area contributed by atoms with Crippen LogP contribution in [0.3, 0.4) is 0 Å². The standard InChI is InChI=1S/C15H13N3O2/c1-9(19)11-4-2-3-5-13(11)18-14-8-10(16)6-7-12(14)17-15(18)20/h2-8H,16H2,1H3,(H,17,20). The quantitative estimate of drug-likeness (QED) is 0.551. The lowest BCUT2D eigenvalue weighted by atomic mass is 10.1. The maximum atomic E-state index is 12.2. The van der Waals surface area contributed by atoms with Crippen molar-refractivity contribution in [3.63, 3.8) is 0 Å². The molecular formula is C15H13N3O2. The van der Waals surface area contributed by atoms with Crippen LogP contribution in [-0.4, -0.2) is 15.3 Å². The van der Waals surface area contributed by atoms with Gasteiger partial charge >= 0.3 is 5.69 Å². The second-order valence-corrected chi connectivity index (χ2v) is 4.62. The van der Waals surface area contributed by atoms with Gasteiger partial charge < -0.3 is 10.7 Å². The lowest BCUT2D eigenvalue weighted by molar-refractivity contribution is 0.101. The highest BCUT2D eigenvalue weighted by Gasteiger charge is 2.14. The number of H-pyrrole nitrogens is 1. The van der Waals surface area contributed by atoms with Crippen molar-refractivity contribution >= 4 is 22.5 Å². The highest BCUT2D eigenvalue weighted by molar-refractivity contribution is 5.98. The molecule has 0 radical (unpaired) electrons. The molecule has 0 unspecified atom stereocenters. The van der Waals surface area contributed by atoms with Crippen molar-refractivity contribution in [2.45, 2.75) is 6.92 Å². The molecule has 1 aromatic heterocycles. The Bertz CT molecular complexity index is 874. The van der Waals surface area contributed by atoms with Crippen molar-refractivity contribution in [3.8, 4) is 5.69 Å². The average molecular weight is 267 g/mol. The molecule has 1 heterocycles. The van der Waals surface area contributed by atoms with E-state index in [9.17, 15) is 9.59 Å². The number of nitrogens with zero attached hydrogens (tertiary/aromatic N) is 1. The number of ketones is 1. The third-order valence-electron chi connectivity index (χ3n) is 3.23. The predicted octanol–water partition coefficient (Wildman–Crippen LogP) is 2.10. The predicted molar refractivity (Wildman–Crippen MR) is 78.3 cm³/mol. The summed E-state index contributed by atoms with van der Waals surface area (Å²) in [6.07, 6.45) is 0. The van der Waals surface area contributed by atoms with Crippen molar-refractivity contribution < 1.29 is 4.79 Å². The lowest BCUT2D eigenvalue weighted by Gasteiger charge is -2.08. The van der Waals surface area contributed by atoms with Crippen LogP contribution in [0.15, 0.2) is 47.3 Å². The number of benzene rings is 2. The first-order chi connectivity index (χ1) is 9.58. The number of aromatic amines is 1. The fourth-order valence-corrected chi connectivity index (χ4v) is 2.33. The molecule has 0 saturated heterocycles. The number of carbonyl (C=O) groups excluding carboxylic acids is 1. The van der Waals surface area contributed by atoms with E-state index in [0.29, 0.717) is 28.0 Å². The number of hydrogen-bond acceptors (Lipinski definition) is 3. The van der Waals surface area contributed by atoms with Crippen LogP contribution in [-0.2, 0) is 0 Å². The summed E-state index contributed by atoms with van der Waals surface area (Å²) in [4.78, 5) is 26.7. The minimum Gasteiger partial charge on any atom is -0.399 e. The number of aromatic nitrogens is 2. The summed E-state index contributed by atoms with van der Waals surface area (Å²) in [5.74, 6) is -0.0919. The average Bonchev–Trinajstić information content (AvgIpc) is 2.74. The summed E-state index contributed by atoms with van der Waals surface area (Å²) in [5, 5.41) is 0. The summed E-state index contributed by atoms with van der Waals surface area (Å²) in [5.41, 5.74) is 8.44. The third kappa shape index (κ3) is 1.80. The van der Waals surface area contributed by atoms with E-state index in [1.54, 1.807) is 42.5 Å². The molecule has 100 valence electrons. The Morgan fingerprint density at radius 3 is 2.70 bits per heavy atom. The van der Waals surface area contributed by atoms with Gasteiger partial charge in [-0.15, -0.1) is 0 Å². The summed E-state index contributed by atoms with van der Waals surface area (Å²) >= 11 is 0. The maximum absolute atomic E-state index is 12.2. The Morgan fingerprint density at radius 2 is 1.95 bits per heavy atom. The number of carbonyl (C=O) groups is 1. The molecule has 0 aliphatic rings. The van der Waals surface area contributed by atoms with Crippen LogP contribution >= 0.6 is 0 Å². The van der Waals surface area contributed by atoms with Gasteiger partial charge in [-0.25, -0.2) is 4.79 Å². The molecule has 5 heteroatoms. The molecular weight excluding hydrogens is 254 g/mol. The van der Waals surface area contributed by atoms with E-state index < -0.39 is 0 Å². The van der Waals surface area contributed by atoms with E-state index in [1.165, 1.54) is 11.5 Å². The van der Waals surface area contributed by atoms with E-state index in [-0.39, 0.29) is 11.5 Å². The molecule has 0 spiro atoms. The van der Waals surface area contributed by atoms with Crippen molar-refractivity contribution in [2.75, 3.05) is 5.73 Å². The summed E-state index contributed by atoms with van der Waals surface area (Å²) in [6, 6.07) is 12.2. The Balaban J connectivity index is 2.41. The summed E-state index contributed by atoms with van der Waals surface area (Å²) in [6.45, 7) is 1.48. The molecule has 0 atom stereocenters. The van der Waals surface area contributed by atoms with E-state index >= 15 is 0 Å². The molecule has 0 aliphatic carbocycles. The van der Waals surface area contributed by atoms with Gasteiger partial charge in [0.1, 0.15) is 0 Å². The highest BCUT2D eigenvalue weighted by Crippen LogP contribution is 2.21. The minimum atomic E-state index is -0.292. The van der Waals surface area contributed by atoms with Gasteiger partial charge in [-0.05, 0) is 37.3 Å². The second-order valence-electron chi connectivity index (χ2n) is 4.62. The molecule has 0 saturated carbocycles. The van der Waals surface area contributed by atoms with Crippen LogP contribution in [0.25, 0.3) is 16.7 Å². The number of fused-ring (bicyclic) bond motifs is 1. The topological polar surface area (TPSA) is 80.9 Å². The third-order valence-corrected chi connectivity index (χ3v) is 3.23. The molecule has 3 aromatic rings. The number of nitrogens with two attached hydrogens (primary N) is 1. The number of hydrogen-bond donors (Lipinski definition) is 2. The smallest absolute Gasteiger partial charge is 0.331 e. The number of rotatable bonds is 2. The first-order valence-corrected chi connectivity index (χ1v) is 6.18. The van der Waals surface area contributed by atoms with Gasteiger partial charge in [-0.1, -0.05) is 12.1 Å². The summed E-state index contributed by atoms with van der Waals surface area (Å²) < 4.78 is 1.47. The van der Waals surface area contributed by atoms with Crippen LogP contribution in [0.4, 0.5) is 5.69 Å². The largest absolute Gasteiger partial charge is 0.399 e. The molecule has 2 aromatic carbocycles. The number of nitrogen functional groups attached to an aromatic ring is 1. The number of para-hydroxylation sites is 1. The van der Waals surface area contributed by atoms with Crippen molar-refractivity contribution in [1.29, 1.82) is 0 Å². The van der Waals surface area contributed by atoms with Gasteiger partial charge in [0.05, 0.1) is 16.7 Å². The maximum Gasteiger partial charge on any atom is 0.331 e. The van der Waals surface area contributed by atoms with Gasteiger partial charge in [-0.3, -0.25) is 9.36 Å².